The number of hydrogen-bond donors (Lipinski definition) is 0. The third kappa shape index (κ3) is 4.19. The van der Waals surface area contributed by atoms with Gasteiger partial charge in [0, 0.05) is 17.3 Å². The van der Waals surface area contributed by atoms with E-state index in [2.05, 4.69) is 26.2 Å². The average Bonchev–Trinajstić information content (AvgIpc) is 3.42. The van der Waals surface area contributed by atoms with Crippen LogP contribution >= 0.6 is 23.1 Å². The minimum atomic E-state index is -0.548. The maximum Gasteiger partial charge on any atom is 0.416 e. The van der Waals surface area contributed by atoms with Crippen LogP contribution < -0.4 is 0 Å². The summed E-state index contributed by atoms with van der Waals surface area (Å²) in [4.78, 5) is 26.3. The maximum atomic E-state index is 12.3. The van der Waals surface area contributed by atoms with Crippen LogP contribution in [-0.4, -0.2) is 50.6 Å². The molecule has 2 amide bonds. The van der Waals surface area contributed by atoms with E-state index in [1.807, 2.05) is 6.07 Å². The second kappa shape index (κ2) is 8.43. The Kier molecular flexibility index (Phi) is 5.77. The van der Waals surface area contributed by atoms with E-state index in [1.165, 1.54) is 40.8 Å². The van der Waals surface area contributed by atoms with E-state index in [0.717, 1.165) is 30.2 Å². The molecule has 3 heterocycles. The summed E-state index contributed by atoms with van der Waals surface area (Å²) in [6, 6.07) is 4.54. The fourth-order valence-electron chi connectivity index (χ4n) is 3.63. The van der Waals surface area contributed by atoms with Crippen LogP contribution in [0.5, 0.6) is 0 Å². The maximum absolute atomic E-state index is 12.3. The number of rotatable bonds is 6. The molecule has 2 fully saturated rings. The molecule has 0 aromatic carbocycles. The van der Waals surface area contributed by atoms with E-state index in [4.69, 9.17) is 4.74 Å². The standard InChI is InChI=1S/C18H22N4O3S2/c23-16(21-8-9-25-18(21)24)12-27-17-20-19-15(11-14-7-4-10-26-14)22(17)13-5-2-1-3-6-13/h4,7,10,13H,1-3,5-6,8-9,11-12H2. The molecule has 9 heteroatoms. The predicted octanol–water partition coefficient (Wildman–Crippen LogP) is 3.51. The predicted molar refractivity (Wildman–Crippen MR) is 103 cm³/mol. The van der Waals surface area contributed by atoms with Crippen LogP contribution in [0.4, 0.5) is 4.79 Å². The lowest BCUT2D eigenvalue weighted by Crippen LogP contribution is -2.33. The smallest absolute Gasteiger partial charge is 0.416 e. The first-order chi connectivity index (χ1) is 13.2. The van der Waals surface area contributed by atoms with E-state index >= 15 is 0 Å². The molecule has 0 bridgehead atoms. The number of aromatic nitrogens is 3. The van der Waals surface area contributed by atoms with Crippen molar-refractivity contribution in [1.29, 1.82) is 0 Å². The Morgan fingerprint density at radius 1 is 1.30 bits per heavy atom. The molecule has 7 nitrogen and oxygen atoms in total. The van der Waals surface area contributed by atoms with Gasteiger partial charge in [-0.25, -0.2) is 9.69 Å². The number of nitrogens with zero attached hydrogens (tertiary/aromatic N) is 4. The lowest BCUT2D eigenvalue weighted by Gasteiger charge is -2.25. The first-order valence-corrected chi connectivity index (χ1v) is 11.1. The third-order valence-electron chi connectivity index (χ3n) is 4.97. The van der Waals surface area contributed by atoms with Gasteiger partial charge in [-0.1, -0.05) is 37.1 Å². The van der Waals surface area contributed by atoms with E-state index in [9.17, 15) is 9.59 Å². The van der Waals surface area contributed by atoms with Gasteiger partial charge in [0.05, 0.1) is 12.3 Å². The van der Waals surface area contributed by atoms with Gasteiger partial charge >= 0.3 is 6.09 Å². The van der Waals surface area contributed by atoms with Gasteiger partial charge in [-0.2, -0.15) is 0 Å². The third-order valence-corrected chi connectivity index (χ3v) is 6.78. The van der Waals surface area contributed by atoms with Crippen molar-refractivity contribution in [3.8, 4) is 0 Å². The molecule has 0 radical (unpaired) electrons. The molecule has 0 N–H and O–H groups in total. The molecule has 4 rings (SSSR count). The van der Waals surface area contributed by atoms with E-state index in [-0.39, 0.29) is 18.3 Å². The molecule has 1 aliphatic carbocycles. The molecular weight excluding hydrogens is 384 g/mol. The summed E-state index contributed by atoms with van der Waals surface area (Å²) in [5, 5.41) is 11.7. The molecule has 1 saturated heterocycles. The van der Waals surface area contributed by atoms with Crippen LogP contribution in [0.25, 0.3) is 0 Å². The Bertz CT molecular complexity index is 800. The highest BCUT2D eigenvalue weighted by molar-refractivity contribution is 7.99. The van der Waals surface area contributed by atoms with E-state index in [1.54, 1.807) is 11.3 Å². The Balaban J connectivity index is 1.51. The van der Waals surface area contributed by atoms with Crippen molar-refractivity contribution in [3.63, 3.8) is 0 Å². The number of carbonyl (C=O) groups excluding carboxylic acids is 2. The van der Waals surface area contributed by atoms with Gasteiger partial charge in [-0.05, 0) is 24.3 Å². The second-order valence-electron chi connectivity index (χ2n) is 6.77. The number of cyclic esters (lactones) is 1. The van der Waals surface area contributed by atoms with Gasteiger partial charge < -0.3 is 9.30 Å². The summed E-state index contributed by atoms with van der Waals surface area (Å²) in [6.45, 7) is 0.607. The van der Waals surface area contributed by atoms with E-state index < -0.39 is 6.09 Å². The normalized spacial score (nSPS) is 18.1. The number of amides is 2. The Hall–Kier alpha value is -1.87. The quantitative estimate of drug-likeness (QED) is 0.683. The zero-order valence-electron chi connectivity index (χ0n) is 15.0. The minimum absolute atomic E-state index is 0.166. The van der Waals surface area contributed by atoms with Crippen molar-refractivity contribution in [3.05, 3.63) is 28.2 Å². The van der Waals surface area contributed by atoms with Crippen molar-refractivity contribution >= 4 is 35.1 Å². The lowest BCUT2D eigenvalue weighted by atomic mass is 9.95. The van der Waals surface area contributed by atoms with Crippen molar-refractivity contribution < 1.29 is 14.3 Å². The van der Waals surface area contributed by atoms with Crippen LogP contribution in [0.1, 0.15) is 48.8 Å². The van der Waals surface area contributed by atoms with Crippen molar-refractivity contribution in [1.82, 2.24) is 19.7 Å². The van der Waals surface area contributed by atoms with Crippen molar-refractivity contribution in [2.75, 3.05) is 18.9 Å². The number of carbonyl (C=O) groups is 2. The summed E-state index contributed by atoms with van der Waals surface area (Å²) in [5.41, 5.74) is 0. The topological polar surface area (TPSA) is 77.3 Å². The van der Waals surface area contributed by atoms with Crippen LogP contribution in [0.3, 0.4) is 0 Å². The summed E-state index contributed by atoms with van der Waals surface area (Å²) in [7, 11) is 0. The molecule has 144 valence electrons. The van der Waals surface area contributed by atoms with Crippen molar-refractivity contribution in [2.45, 2.75) is 49.7 Å². The number of thiophene rings is 1. The van der Waals surface area contributed by atoms with Gasteiger partial charge in [0.25, 0.3) is 0 Å². The van der Waals surface area contributed by atoms with Crippen LogP contribution in [-0.2, 0) is 16.0 Å². The van der Waals surface area contributed by atoms with Gasteiger partial charge in [-0.15, -0.1) is 21.5 Å². The van der Waals surface area contributed by atoms with Crippen LogP contribution in [0.15, 0.2) is 22.7 Å². The summed E-state index contributed by atoms with van der Waals surface area (Å²) in [6.07, 6.45) is 6.15. The number of imide groups is 1. The molecule has 2 aromatic rings. The summed E-state index contributed by atoms with van der Waals surface area (Å²) in [5.74, 6) is 0.888. The average molecular weight is 407 g/mol. The first kappa shape index (κ1) is 18.5. The number of thioether (sulfide) groups is 1. The fourth-order valence-corrected chi connectivity index (χ4v) is 5.23. The number of ether oxygens (including phenoxy) is 1. The van der Waals surface area contributed by atoms with Gasteiger partial charge in [0.2, 0.25) is 5.91 Å². The zero-order valence-corrected chi connectivity index (χ0v) is 16.6. The summed E-state index contributed by atoms with van der Waals surface area (Å²) >= 11 is 3.08. The summed E-state index contributed by atoms with van der Waals surface area (Å²) < 4.78 is 7.08. The molecule has 0 atom stereocenters. The highest BCUT2D eigenvalue weighted by atomic mass is 32.2. The van der Waals surface area contributed by atoms with Gasteiger partial charge in [-0.3, -0.25) is 4.79 Å². The fraction of sp³-hybridized carbons (Fsp3) is 0.556. The highest BCUT2D eigenvalue weighted by Gasteiger charge is 2.29. The van der Waals surface area contributed by atoms with E-state index in [0.29, 0.717) is 12.6 Å². The molecular formula is C18H22N4O3S2. The molecule has 1 saturated carbocycles. The Morgan fingerprint density at radius 2 is 2.15 bits per heavy atom. The minimum Gasteiger partial charge on any atom is -0.447 e. The second-order valence-corrected chi connectivity index (χ2v) is 8.74. The lowest BCUT2D eigenvalue weighted by molar-refractivity contribution is -0.125. The first-order valence-electron chi connectivity index (χ1n) is 9.28. The van der Waals surface area contributed by atoms with Crippen LogP contribution in [0, 0.1) is 0 Å². The molecule has 0 unspecified atom stereocenters. The monoisotopic (exact) mass is 406 g/mol. The van der Waals surface area contributed by atoms with Crippen LogP contribution in [0.2, 0.25) is 0 Å². The van der Waals surface area contributed by atoms with Gasteiger partial charge in [0.15, 0.2) is 5.16 Å². The Labute approximate surface area is 166 Å². The van der Waals surface area contributed by atoms with Crippen molar-refractivity contribution in [2.24, 2.45) is 0 Å². The molecule has 27 heavy (non-hydrogen) atoms. The molecule has 2 aliphatic rings. The Morgan fingerprint density at radius 3 is 2.85 bits per heavy atom. The zero-order chi connectivity index (χ0) is 18.6. The largest absolute Gasteiger partial charge is 0.447 e. The molecule has 0 spiro atoms. The molecule has 1 aliphatic heterocycles. The molecule has 2 aromatic heterocycles. The number of hydrogen-bond acceptors (Lipinski definition) is 7. The SMILES string of the molecule is O=C(CSc1nnc(Cc2cccs2)n1C1CCCCC1)N1CCOC1=O. The van der Waals surface area contributed by atoms with Gasteiger partial charge in [0.1, 0.15) is 12.4 Å². The highest BCUT2D eigenvalue weighted by Crippen LogP contribution is 2.33.